The Morgan fingerprint density at radius 1 is 1.38 bits per heavy atom. The molecular formula is C13H20O3. The predicted molar refractivity (Wildman–Crippen MR) is 62.1 cm³/mol. The van der Waals surface area contributed by atoms with Gasteiger partial charge in [0.1, 0.15) is 5.78 Å². The number of carboxylic acid groups (broad SMARTS) is 1. The zero-order valence-corrected chi connectivity index (χ0v) is 10.3. The minimum atomic E-state index is -0.813. The van der Waals surface area contributed by atoms with E-state index < -0.39 is 11.4 Å². The van der Waals surface area contributed by atoms with Gasteiger partial charge in [0.25, 0.3) is 0 Å². The number of aliphatic carboxylic acids is 1. The van der Waals surface area contributed by atoms with Crippen molar-refractivity contribution in [2.45, 2.75) is 46.5 Å². The van der Waals surface area contributed by atoms with Crippen molar-refractivity contribution in [3.8, 4) is 0 Å². The Bertz CT molecular complexity index is 341. The minimum Gasteiger partial charge on any atom is -0.481 e. The van der Waals surface area contributed by atoms with Crippen molar-refractivity contribution in [2.75, 3.05) is 0 Å². The van der Waals surface area contributed by atoms with Gasteiger partial charge in [-0.1, -0.05) is 32.9 Å². The second-order valence-electron chi connectivity index (χ2n) is 5.38. The molecule has 0 saturated heterocycles. The molecule has 1 rings (SSSR count). The van der Waals surface area contributed by atoms with E-state index in [1.54, 1.807) is 0 Å². The van der Waals surface area contributed by atoms with Crippen LogP contribution in [0.25, 0.3) is 0 Å². The summed E-state index contributed by atoms with van der Waals surface area (Å²) in [7, 11) is 0. The van der Waals surface area contributed by atoms with Gasteiger partial charge in [0, 0.05) is 23.7 Å². The quantitative estimate of drug-likeness (QED) is 0.747. The Morgan fingerprint density at radius 3 is 2.31 bits per heavy atom. The molecule has 3 nitrogen and oxygen atoms in total. The van der Waals surface area contributed by atoms with Gasteiger partial charge in [0.05, 0.1) is 0 Å². The van der Waals surface area contributed by atoms with Crippen molar-refractivity contribution in [2.24, 2.45) is 10.8 Å². The topological polar surface area (TPSA) is 54.4 Å². The first kappa shape index (κ1) is 12.9. The highest BCUT2D eigenvalue weighted by atomic mass is 16.4. The van der Waals surface area contributed by atoms with Crippen LogP contribution in [0.5, 0.6) is 0 Å². The van der Waals surface area contributed by atoms with Crippen LogP contribution >= 0.6 is 0 Å². The van der Waals surface area contributed by atoms with Crippen LogP contribution in [0.1, 0.15) is 46.5 Å². The maximum Gasteiger partial charge on any atom is 0.303 e. The van der Waals surface area contributed by atoms with Crippen LogP contribution in [-0.2, 0) is 9.59 Å². The summed E-state index contributed by atoms with van der Waals surface area (Å²) in [6, 6.07) is 0. The highest BCUT2D eigenvalue weighted by Crippen LogP contribution is 2.54. The molecule has 0 bridgehead atoms. The van der Waals surface area contributed by atoms with Gasteiger partial charge < -0.3 is 5.11 Å². The molecule has 0 spiro atoms. The fourth-order valence-electron chi connectivity index (χ4n) is 2.45. The van der Waals surface area contributed by atoms with E-state index in [1.807, 2.05) is 20.8 Å². The van der Waals surface area contributed by atoms with Gasteiger partial charge in [-0.05, 0) is 12.8 Å². The number of ketones is 1. The third-order valence-electron chi connectivity index (χ3n) is 4.35. The smallest absolute Gasteiger partial charge is 0.303 e. The van der Waals surface area contributed by atoms with Gasteiger partial charge >= 0.3 is 5.97 Å². The van der Waals surface area contributed by atoms with E-state index in [0.717, 1.165) is 12.0 Å². The van der Waals surface area contributed by atoms with E-state index in [1.165, 1.54) is 0 Å². The first-order valence-electron chi connectivity index (χ1n) is 5.65. The fraction of sp³-hybridized carbons (Fsp3) is 0.692. The average Bonchev–Trinajstić information content (AvgIpc) is 2.39. The number of Topliss-reactive ketones (excluding diaryl/α,β-unsaturated/α-hetero) is 1. The summed E-state index contributed by atoms with van der Waals surface area (Å²) in [6.45, 7) is 9.90. The summed E-state index contributed by atoms with van der Waals surface area (Å²) >= 11 is 0. The third-order valence-corrected chi connectivity index (χ3v) is 4.35. The molecule has 90 valence electrons. The summed E-state index contributed by atoms with van der Waals surface area (Å²) in [5, 5.41) is 8.66. The Labute approximate surface area is 96.5 Å². The van der Waals surface area contributed by atoms with E-state index in [-0.39, 0.29) is 17.6 Å². The third kappa shape index (κ3) is 1.91. The molecule has 1 unspecified atom stereocenters. The molecule has 1 fully saturated rings. The molecule has 0 aromatic rings. The zero-order chi connectivity index (χ0) is 12.6. The van der Waals surface area contributed by atoms with Gasteiger partial charge in [0.15, 0.2) is 0 Å². The second kappa shape index (κ2) is 4.04. The van der Waals surface area contributed by atoms with E-state index >= 15 is 0 Å². The first-order chi connectivity index (χ1) is 7.22. The largest absolute Gasteiger partial charge is 0.481 e. The van der Waals surface area contributed by atoms with Crippen LogP contribution in [0, 0.1) is 10.8 Å². The summed E-state index contributed by atoms with van der Waals surface area (Å²) < 4.78 is 0. The van der Waals surface area contributed by atoms with E-state index in [4.69, 9.17) is 5.11 Å². The van der Waals surface area contributed by atoms with Crippen molar-refractivity contribution in [1.82, 2.24) is 0 Å². The van der Waals surface area contributed by atoms with Gasteiger partial charge in [-0.2, -0.15) is 0 Å². The summed E-state index contributed by atoms with van der Waals surface area (Å²) in [5.74, 6) is -0.557. The number of allylic oxidation sites excluding steroid dienone is 1. The van der Waals surface area contributed by atoms with Crippen LogP contribution in [0.15, 0.2) is 12.2 Å². The molecule has 16 heavy (non-hydrogen) atoms. The van der Waals surface area contributed by atoms with E-state index in [0.29, 0.717) is 12.8 Å². The monoisotopic (exact) mass is 224 g/mol. The van der Waals surface area contributed by atoms with Gasteiger partial charge in [-0.25, -0.2) is 0 Å². The highest BCUT2D eigenvalue weighted by molar-refractivity contribution is 5.88. The van der Waals surface area contributed by atoms with Crippen molar-refractivity contribution in [3.05, 3.63) is 12.2 Å². The summed E-state index contributed by atoms with van der Waals surface area (Å²) in [4.78, 5) is 22.3. The Balaban J connectivity index is 2.82. The molecule has 0 aromatic carbocycles. The SMILES string of the molecule is C=C(CCC(=O)O)C1(C)CCC(=O)C1(C)C. The normalized spacial score (nSPS) is 28.1. The lowest BCUT2D eigenvalue weighted by Gasteiger charge is -2.39. The number of hydrogen-bond donors (Lipinski definition) is 1. The molecule has 0 amide bonds. The molecule has 1 aliphatic carbocycles. The predicted octanol–water partition coefficient (Wildman–Crippen LogP) is 2.80. The van der Waals surface area contributed by atoms with E-state index in [2.05, 4.69) is 6.58 Å². The maximum atomic E-state index is 11.8. The van der Waals surface area contributed by atoms with Crippen molar-refractivity contribution in [1.29, 1.82) is 0 Å². The standard InChI is InChI=1S/C13H20O3/c1-9(5-6-11(15)16)13(4)8-7-10(14)12(13,2)3/h1,5-8H2,2-4H3,(H,15,16). The molecule has 0 aliphatic heterocycles. The first-order valence-corrected chi connectivity index (χ1v) is 5.65. The summed E-state index contributed by atoms with van der Waals surface area (Å²) in [5.41, 5.74) is 0.230. The zero-order valence-electron chi connectivity index (χ0n) is 10.3. The molecule has 1 aliphatic rings. The van der Waals surface area contributed by atoms with Crippen LogP contribution in [-0.4, -0.2) is 16.9 Å². The molecule has 3 heteroatoms. The van der Waals surface area contributed by atoms with Crippen molar-refractivity contribution < 1.29 is 14.7 Å². The molecule has 1 saturated carbocycles. The molecule has 0 heterocycles. The highest BCUT2D eigenvalue weighted by Gasteiger charge is 2.52. The van der Waals surface area contributed by atoms with Crippen LogP contribution < -0.4 is 0 Å². The fourth-order valence-corrected chi connectivity index (χ4v) is 2.45. The Morgan fingerprint density at radius 2 is 1.94 bits per heavy atom. The number of carbonyl (C=O) groups excluding carboxylic acids is 1. The van der Waals surface area contributed by atoms with E-state index in [9.17, 15) is 9.59 Å². The van der Waals surface area contributed by atoms with Gasteiger partial charge in [-0.3, -0.25) is 9.59 Å². The molecule has 1 atom stereocenters. The lowest BCUT2D eigenvalue weighted by Crippen LogP contribution is -2.35. The molecular weight excluding hydrogens is 204 g/mol. The maximum absolute atomic E-state index is 11.8. The Kier molecular flexibility index (Phi) is 3.27. The lowest BCUT2D eigenvalue weighted by atomic mass is 9.64. The van der Waals surface area contributed by atoms with Gasteiger partial charge in [-0.15, -0.1) is 0 Å². The van der Waals surface area contributed by atoms with Gasteiger partial charge in [0.2, 0.25) is 0 Å². The van der Waals surface area contributed by atoms with Crippen molar-refractivity contribution >= 4 is 11.8 Å². The molecule has 1 N–H and O–H groups in total. The Hall–Kier alpha value is -1.12. The lowest BCUT2D eigenvalue weighted by molar-refractivity contribution is -0.137. The number of hydrogen-bond acceptors (Lipinski definition) is 2. The summed E-state index contributed by atoms with van der Waals surface area (Å²) in [6.07, 6.45) is 1.92. The minimum absolute atomic E-state index is 0.0959. The van der Waals surface area contributed by atoms with Crippen LogP contribution in [0.3, 0.4) is 0 Å². The number of rotatable bonds is 4. The number of carbonyl (C=O) groups is 2. The van der Waals surface area contributed by atoms with Crippen molar-refractivity contribution in [3.63, 3.8) is 0 Å². The van der Waals surface area contributed by atoms with Crippen LogP contribution in [0.4, 0.5) is 0 Å². The average molecular weight is 224 g/mol. The molecule has 0 radical (unpaired) electrons. The number of carboxylic acids is 1. The second-order valence-corrected chi connectivity index (χ2v) is 5.38. The molecule has 0 aromatic heterocycles. The van der Waals surface area contributed by atoms with Crippen LogP contribution in [0.2, 0.25) is 0 Å².